The molecule has 0 radical (unpaired) electrons. The minimum atomic E-state index is -0.574. The molecule has 2 aromatic rings. The van der Waals surface area contributed by atoms with Crippen molar-refractivity contribution in [3.8, 4) is 11.5 Å². The molecule has 2 atom stereocenters. The summed E-state index contributed by atoms with van der Waals surface area (Å²) in [6, 6.07) is 3.44. The smallest absolute Gasteiger partial charge is 0.356 e. The lowest BCUT2D eigenvalue weighted by Gasteiger charge is -2.31. The number of hydrogen-bond donors (Lipinski definition) is 3. The van der Waals surface area contributed by atoms with Crippen LogP contribution in [0.15, 0.2) is 12.1 Å². The summed E-state index contributed by atoms with van der Waals surface area (Å²) in [6.45, 7) is 5.78. The molecule has 3 rings (SSSR count). The Bertz CT molecular complexity index is 899. The van der Waals surface area contributed by atoms with Crippen molar-refractivity contribution in [3.05, 3.63) is 17.8 Å². The fraction of sp³-hybridized carbons (Fsp3) is 0.500. The van der Waals surface area contributed by atoms with Gasteiger partial charge < -0.3 is 34.1 Å². The number of ether oxygens (including phenoxy) is 4. The topological polar surface area (TPSA) is 103 Å². The maximum Gasteiger partial charge on any atom is 0.356 e. The molecule has 1 aliphatic rings. The first-order valence-corrected chi connectivity index (χ1v) is 9.51. The summed E-state index contributed by atoms with van der Waals surface area (Å²) in [5.74, 6) is 0.237. The van der Waals surface area contributed by atoms with E-state index in [1.165, 1.54) is 21.3 Å². The quantitative estimate of drug-likeness (QED) is 0.607. The first kappa shape index (κ1) is 20.9. The predicted octanol–water partition coefficient (Wildman–Crippen LogP) is 0.602. The molecule has 3 N–H and O–H groups in total. The number of benzene rings is 1. The Kier molecular flexibility index (Phi) is 6.29. The molecule has 1 fully saturated rings. The molecule has 0 unspecified atom stereocenters. The van der Waals surface area contributed by atoms with E-state index in [-0.39, 0.29) is 30.4 Å². The minimum absolute atomic E-state index is 0.0944. The van der Waals surface area contributed by atoms with Crippen molar-refractivity contribution in [3.63, 3.8) is 0 Å². The highest BCUT2D eigenvalue weighted by molar-refractivity contribution is 6.11. The molecule has 1 aromatic carbocycles. The van der Waals surface area contributed by atoms with Gasteiger partial charge >= 0.3 is 5.97 Å². The first-order valence-electron chi connectivity index (χ1n) is 9.51. The number of aromatic amines is 1. The van der Waals surface area contributed by atoms with Crippen LogP contribution in [0.2, 0.25) is 0 Å². The molecule has 0 bridgehead atoms. The van der Waals surface area contributed by atoms with E-state index in [4.69, 9.17) is 18.9 Å². The van der Waals surface area contributed by atoms with Crippen molar-refractivity contribution in [1.29, 1.82) is 0 Å². The lowest BCUT2D eigenvalue weighted by atomic mass is 10.2. The Morgan fingerprint density at radius 3 is 2.34 bits per heavy atom. The van der Waals surface area contributed by atoms with Crippen LogP contribution in [-0.2, 0) is 14.3 Å². The van der Waals surface area contributed by atoms with Crippen LogP contribution >= 0.6 is 0 Å². The maximum atomic E-state index is 12.8. The van der Waals surface area contributed by atoms with Crippen LogP contribution in [0.4, 0.5) is 5.69 Å². The van der Waals surface area contributed by atoms with Gasteiger partial charge in [-0.05, 0) is 19.9 Å². The van der Waals surface area contributed by atoms with Crippen LogP contribution in [0.3, 0.4) is 0 Å². The number of hydrogen-bond acceptors (Lipinski definition) is 6. The zero-order valence-corrected chi connectivity index (χ0v) is 17.4. The molecule has 1 aromatic heterocycles. The summed E-state index contributed by atoms with van der Waals surface area (Å²) in [4.78, 5) is 29.2. The van der Waals surface area contributed by atoms with Gasteiger partial charge in [-0.3, -0.25) is 4.79 Å². The molecule has 29 heavy (non-hydrogen) atoms. The summed E-state index contributed by atoms with van der Waals surface area (Å²) in [5.41, 5.74) is 1.16. The molecule has 9 heteroatoms. The lowest BCUT2D eigenvalue weighted by Crippen LogP contribution is -3.16. The Labute approximate surface area is 169 Å². The van der Waals surface area contributed by atoms with Gasteiger partial charge in [-0.2, -0.15) is 0 Å². The van der Waals surface area contributed by atoms with E-state index in [1.807, 2.05) is 13.8 Å². The molecule has 2 heterocycles. The molecular weight excluding hydrogens is 378 g/mol. The van der Waals surface area contributed by atoms with Crippen molar-refractivity contribution in [2.24, 2.45) is 0 Å². The molecule has 0 spiro atoms. The average molecular weight is 406 g/mol. The summed E-state index contributed by atoms with van der Waals surface area (Å²) >= 11 is 0. The fourth-order valence-electron chi connectivity index (χ4n) is 3.85. The second-order valence-corrected chi connectivity index (χ2v) is 7.26. The first-order chi connectivity index (χ1) is 13.9. The number of methoxy groups -OCH3 is 3. The number of morpholine rings is 1. The SMILES string of the molecule is COC(=O)c1[nH]c2cc(OC)c(OC)cc2c1NC(=O)C[NH+]1C[C@@H](C)O[C@H](C)C1. The number of amides is 1. The standard InChI is InChI=1S/C20H27N3O6/c1-11-8-23(9-12(2)29-11)10-17(24)22-18-13-6-15(26-3)16(27-4)7-14(13)21-19(18)20(25)28-5/h6-7,11-12,21H,8-10H2,1-5H3,(H,22,24)/p+1/t11-,12-/m1/s1. The number of H-pyrrole nitrogens is 1. The van der Waals surface area contributed by atoms with Gasteiger partial charge in [0.15, 0.2) is 18.0 Å². The number of aromatic nitrogens is 1. The highest BCUT2D eigenvalue weighted by Crippen LogP contribution is 2.37. The van der Waals surface area contributed by atoms with Crippen molar-refractivity contribution < 1.29 is 33.4 Å². The number of fused-ring (bicyclic) bond motifs is 1. The maximum absolute atomic E-state index is 12.8. The molecule has 1 saturated heterocycles. The number of anilines is 1. The number of rotatable bonds is 6. The van der Waals surface area contributed by atoms with E-state index < -0.39 is 5.97 Å². The normalized spacial score (nSPS) is 21.6. The zero-order chi connectivity index (χ0) is 21.1. The third-order valence-electron chi connectivity index (χ3n) is 4.98. The Balaban J connectivity index is 1.91. The third kappa shape index (κ3) is 4.46. The molecule has 0 aliphatic carbocycles. The molecule has 9 nitrogen and oxygen atoms in total. The van der Waals surface area contributed by atoms with Gasteiger partial charge in [-0.1, -0.05) is 0 Å². The van der Waals surface area contributed by atoms with E-state index in [9.17, 15) is 9.59 Å². The van der Waals surface area contributed by atoms with E-state index >= 15 is 0 Å². The summed E-state index contributed by atoms with van der Waals surface area (Å²) in [6.07, 6.45) is 0.189. The monoisotopic (exact) mass is 406 g/mol. The number of esters is 1. The second kappa shape index (κ2) is 8.71. The summed E-state index contributed by atoms with van der Waals surface area (Å²) in [5, 5.41) is 3.52. The lowest BCUT2D eigenvalue weighted by molar-refractivity contribution is -0.907. The largest absolute Gasteiger partial charge is 0.493 e. The van der Waals surface area contributed by atoms with Gasteiger partial charge in [0.05, 0.1) is 32.5 Å². The Hall–Kier alpha value is -2.78. The van der Waals surface area contributed by atoms with Gasteiger partial charge in [0.2, 0.25) is 0 Å². The highest BCUT2D eigenvalue weighted by atomic mass is 16.5. The van der Waals surface area contributed by atoms with Gasteiger partial charge in [-0.15, -0.1) is 0 Å². The van der Waals surface area contributed by atoms with Crippen LogP contribution < -0.4 is 19.7 Å². The number of carbonyl (C=O) groups is 2. The van der Waals surface area contributed by atoms with Crippen LogP contribution in [0, 0.1) is 0 Å². The second-order valence-electron chi connectivity index (χ2n) is 7.26. The van der Waals surface area contributed by atoms with Crippen molar-refractivity contribution in [1.82, 2.24) is 4.98 Å². The Morgan fingerprint density at radius 1 is 1.14 bits per heavy atom. The minimum Gasteiger partial charge on any atom is -0.493 e. The van der Waals surface area contributed by atoms with Crippen LogP contribution in [0.1, 0.15) is 24.3 Å². The van der Waals surface area contributed by atoms with Gasteiger partial charge in [0.1, 0.15) is 31.0 Å². The van der Waals surface area contributed by atoms with E-state index in [2.05, 4.69) is 10.3 Å². The van der Waals surface area contributed by atoms with Crippen molar-refractivity contribution >= 4 is 28.5 Å². The van der Waals surface area contributed by atoms with Gasteiger partial charge in [0, 0.05) is 11.5 Å². The van der Waals surface area contributed by atoms with Crippen LogP contribution in [0.5, 0.6) is 11.5 Å². The van der Waals surface area contributed by atoms with Gasteiger partial charge in [-0.25, -0.2) is 4.79 Å². The van der Waals surface area contributed by atoms with Gasteiger partial charge in [0.25, 0.3) is 5.91 Å². The third-order valence-corrected chi connectivity index (χ3v) is 4.98. The number of carbonyl (C=O) groups excluding carboxylic acids is 2. The molecule has 1 amide bonds. The highest BCUT2D eigenvalue weighted by Gasteiger charge is 2.28. The van der Waals surface area contributed by atoms with Crippen molar-refractivity contribution in [2.75, 3.05) is 46.3 Å². The molecule has 0 saturated carbocycles. The average Bonchev–Trinajstić information content (AvgIpc) is 3.02. The Morgan fingerprint density at radius 2 is 1.76 bits per heavy atom. The van der Waals surface area contributed by atoms with Crippen molar-refractivity contribution in [2.45, 2.75) is 26.1 Å². The van der Waals surface area contributed by atoms with E-state index in [0.29, 0.717) is 28.1 Å². The number of nitrogens with one attached hydrogen (secondary N) is 3. The zero-order valence-electron chi connectivity index (χ0n) is 17.4. The summed E-state index contributed by atoms with van der Waals surface area (Å²) < 4.78 is 21.3. The molecular formula is C20H28N3O6+. The van der Waals surface area contributed by atoms with E-state index in [1.54, 1.807) is 12.1 Å². The fourth-order valence-corrected chi connectivity index (χ4v) is 3.85. The molecule has 1 aliphatic heterocycles. The predicted molar refractivity (Wildman–Crippen MR) is 107 cm³/mol. The summed E-state index contributed by atoms with van der Waals surface area (Å²) in [7, 11) is 4.35. The van der Waals surface area contributed by atoms with Crippen LogP contribution in [0.25, 0.3) is 10.9 Å². The van der Waals surface area contributed by atoms with E-state index in [0.717, 1.165) is 18.0 Å². The molecule has 158 valence electrons. The number of quaternary nitrogens is 1. The van der Waals surface area contributed by atoms with Crippen LogP contribution in [-0.4, -0.2) is 70.0 Å².